The Hall–Kier alpha value is -2.46. The molecule has 4 heteroatoms. The minimum absolute atomic E-state index is 0.369. The number of aryl methyl sites for hydroxylation is 1. The molecule has 0 amide bonds. The standard InChI is InChI=1S/C19H17BO3/c1-2-5-12-8-9-15-16(10-12)22-19-17(23-20-21)11-13-6-3-4-7-14(13)18(15)19/h3-4,6-11,20-21H,2,5H2,1H3. The van der Waals surface area contributed by atoms with E-state index >= 15 is 0 Å². The third-order valence-corrected chi connectivity index (χ3v) is 4.25. The van der Waals surface area contributed by atoms with Crippen molar-refractivity contribution in [3.8, 4) is 5.75 Å². The molecule has 3 aromatic carbocycles. The van der Waals surface area contributed by atoms with Gasteiger partial charge in [-0.05, 0) is 34.9 Å². The molecule has 3 nitrogen and oxygen atoms in total. The van der Waals surface area contributed by atoms with E-state index in [1.54, 1.807) is 0 Å². The van der Waals surface area contributed by atoms with E-state index in [0.29, 0.717) is 11.3 Å². The minimum Gasteiger partial charge on any atom is -0.536 e. The van der Waals surface area contributed by atoms with Crippen molar-refractivity contribution >= 4 is 40.4 Å². The van der Waals surface area contributed by atoms with Crippen LogP contribution in [-0.4, -0.2) is 12.7 Å². The molecule has 1 N–H and O–H groups in total. The highest BCUT2D eigenvalue weighted by Crippen LogP contribution is 2.40. The van der Waals surface area contributed by atoms with E-state index in [0.717, 1.165) is 40.0 Å². The largest absolute Gasteiger partial charge is 0.536 e. The zero-order valence-corrected chi connectivity index (χ0v) is 13.0. The highest BCUT2D eigenvalue weighted by Gasteiger charge is 2.16. The lowest BCUT2D eigenvalue weighted by Crippen LogP contribution is -1.99. The summed E-state index contributed by atoms with van der Waals surface area (Å²) in [6.07, 6.45) is 2.14. The molecule has 0 spiro atoms. The lowest BCUT2D eigenvalue weighted by molar-refractivity contribution is 0.451. The predicted octanol–water partition coefficient (Wildman–Crippen LogP) is 4.33. The quantitative estimate of drug-likeness (QED) is 0.571. The molecule has 0 unspecified atom stereocenters. The molecule has 0 bridgehead atoms. The molecule has 0 saturated heterocycles. The second-order valence-corrected chi connectivity index (χ2v) is 5.76. The summed E-state index contributed by atoms with van der Waals surface area (Å²) in [5.74, 6) is 0.578. The SMILES string of the molecule is CCCc1ccc2c(c1)oc1c(OBO)cc3ccccc3c12. The van der Waals surface area contributed by atoms with Crippen LogP contribution in [0.3, 0.4) is 0 Å². The monoisotopic (exact) mass is 304 g/mol. The molecular formula is C19H17BO3. The summed E-state index contributed by atoms with van der Waals surface area (Å²) in [6, 6.07) is 16.5. The molecule has 0 aliphatic heterocycles. The predicted molar refractivity (Wildman–Crippen MR) is 95.2 cm³/mol. The molecule has 0 radical (unpaired) electrons. The Bertz CT molecular complexity index is 1000. The number of fused-ring (bicyclic) bond motifs is 5. The van der Waals surface area contributed by atoms with Crippen LogP contribution in [0.5, 0.6) is 5.75 Å². The van der Waals surface area contributed by atoms with Crippen LogP contribution in [0, 0.1) is 0 Å². The van der Waals surface area contributed by atoms with E-state index in [4.69, 9.17) is 9.07 Å². The molecule has 1 aromatic heterocycles. The molecule has 0 saturated carbocycles. The van der Waals surface area contributed by atoms with Crippen molar-refractivity contribution in [3.63, 3.8) is 0 Å². The van der Waals surface area contributed by atoms with Crippen LogP contribution in [0.1, 0.15) is 18.9 Å². The number of furan rings is 1. The van der Waals surface area contributed by atoms with Crippen molar-refractivity contribution in [1.29, 1.82) is 0 Å². The molecule has 4 rings (SSSR count). The number of hydrogen-bond donors (Lipinski definition) is 1. The summed E-state index contributed by atoms with van der Waals surface area (Å²) in [7, 11) is -0.369. The van der Waals surface area contributed by atoms with Crippen molar-refractivity contribution in [2.24, 2.45) is 0 Å². The summed E-state index contributed by atoms with van der Waals surface area (Å²) in [5, 5.41) is 13.5. The van der Waals surface area contributed by atoms with Gasteiger partial charge in [0.15, 0.2) is 5.58 Å². The maximum Gasteiger partial charge on any atom is 0.504 e. The topological polar surface area (TPSA) is 42.6 Å². The molecule has 0 aliphatic rings. The number of hydrogen-bond acceptors (Lipinski definition) is 3. The van der Waals surface area contributed by atoms with Crippen LogP contribution in [0.25, 0.3) is 32.7 Å². The first-order chi connectivity index (χ1) is 11.3. The molecule has 0 atom stereocenters. The van der Waals surface area contributed by atoms with Crippen LogP contribution in [-0.2, 0) is 6.42 Å². The van der Waals surface area contributed by atoms with Gasteiger partial charge in [0.2, 0.25) is 0 Å². The van der Waals surface area contributed by atoms with Gasteiger partial charge >= 0.3 is 7.69 Å². The highest BCUT2D eigenvalue weighted by molar-refractivity contribution is 6.23. The van der Waals surface area contributed by atoms with E-state index in [2.05, 4.69) is 31.2 Å². The first-order valence-corrected chi connectivity index (χ1v) is 7.92. The average Bonchev–Trinajstić information content (AvgIpc) is 2.95. The average molecular weight is 304 g/mol. The zero-order valence-electron chi connectivity index (χ0n) is 13.0. The van der Waals surface area contributed by atoms with Crippen molar-refractivity contribution in [3.05, 3.63) is 54.1 Å². The van der Waals surface area contributed by atoms with Gasteiger partial charge in [-0.1, -0.05) is 49.7 Å². The van der Waals surface area contributed by atoms with Crippen LogP contribution >= 0.6 is 0 Å². The molecule has 114 valence electrons. The Kier molecular flexibility index (Phi) is 3.47. The molecular weight excluding hydrogens is 287 g/mol. The molecule has 0 aliphatic carbocycles. The molecule has 0 fully saturated rings. The Morgan fingerprint density at radius 1 is 1.09 bits per heavy atom. The van der Waals surface area contributed by atoms with Gasteiger partial charge in [-0.15, -0.1) is 0 Å². The fourth-order valence-corrected chi connectivity index (χ4v) is 3.26. The van der Waals surface area contributed by atoms with Crippen LogP contribution < -0.4 is 4.65 Å². The minimum atomic E-state index is -0.369. The fourth-order valence-electron chi connectivity index (χ4n) is 3.26. The van der Waals surface area contributed by atoms with Crippen LogP contribution in [0.4, 0.5) is 0 Å². The summed E-state index contributed by atoms with van der Waals surface area (Å²) >= 11 is 0. The van der Waals surface area contributed by atoms with Crippen molar-refractivity contribution in [1.82, 2.24) is 0 Å². The van der Waals surface area contributed by atoms with E-state index in [-0.39, 0.29) is 7.69 Å². The zero-order chi connectivity index (χ0) is 15.8. The molecule has 4 aromatic rings. The molecule has 23 heavy (non-hydrogen) atoms. The summed E-state index contributed by atoms with van der Waals surface area (Å²) in [6.45, 7) is 2.17. The maximum absolute atomic E-state index is 9.18. The van der Waals surface area contributed by atoms with Crippen LogP contribution in [0.2, 0.25) is 0 Å². The van der Waals surface area contributed by atoms with E-state index < -0.39 is 0 Å². The number of rotatable bonds is 4. The summed E-state index contributed by atoms with van der Waals surface area (Å²) < 4.78 is 11.5. The van der Waals surface area contributed by atoms with Gasteiger partial charge in [-0.2, -0.15) is 0 Å². The van der Waals surface area contributed by atoms with Crippen LogP contribution in [0.15, 0.2) is 52.9 Å². The van der Waals surface area contributed by atoms with Gasteiger partial charge in [-0.25, -0.2) is 0 Å². The van der Waals surface area contributed by atoms with Gasteiger partial charge in [-0.3, -0.25) is 0 Å². The Balaban J connectivity index is 2.11. The summed E-state index contributed by atoms with van der Waals surface area (Å²) in [4.78, 5) is 0. The van der Waals surface area contributed by atoms with Gasteiger partial charge in [0, 0.05) is 10.8 Å². The van der Waals surface area contributed by atoms with Gasteiger partial charge in [0.25, 0.3) is 0 Å². The Labute approximate surface area is 134 Å². The van der Waals surface area contributed by atoms with Gasteiger partial charge < -0.3 is 14.1 Å². The van der Waals surface area contributed by atoms with Crippen molar-refractivity contribution in [2.45, 2.75) is 19.8 Å². The second-order valence-electron chi connectivity index (χ2n) is 5.76. The highest BCUT2D eigenvalue weighted by atomic mass is 16.5. The maximum atomic E-state index is 9.18. The molecule has 1 heterocycles. The third-order valence-electron chi connectivity index (χ3n) is 4.25. The van der Waals surface area contributed by atoms with Crippen molar-refractivity contribution < 1.29 is 14.1 Å². The van der Waals surface area contributed by atoms with Crippen molar-refractivity contribution in [2.75, 3.05) is 0 Å². The Morgan fingerprint density at radius 3 is 2.78 bits per heavy atom. The first-order valence-electron chi connectivity index (χ1n) is 7.92. The van der Waals surface area contributed by atoms with E-state index in [1.165, 1.54) is 5.56 Å². The third kappa shape index (κ3) is 2.26. The smallest absolute Gasteiger partial charge is 0.504 e. The van der Waals surface area contributed by atoms with E-state index in [9.17, 15) is 5.02 Å². The van der Waals surface area contributed by atoms with Gasteiger partial charge in [0.1, 0.15) is 11.3 Å². The summed E-state index contributed by atoms with van der Waals surface area (Å²) in [5.41, 5.74) is 2.83. The fraction of sp³-hybridized carbons (Fsp3) is 0.158. The van der Waals surface area contributed by atoms with Gasteiger partial charge in [0.05, 0.1) is 0 Å². The normalized spacial score (nSPS) is 11.4. The lowest BCUT2D eigenvalue weighted by Gasteiger charge is -2.06. The first kappa shape index (κ1) is 14.2. The lowest BCUT2D eigenvalue weighted by atomic mass is 10.0. The number of benzene rings is 3. The van der Waals surface area contributed by atoms with E-state index in [1.807, 2.05) is 24.3 Å². The second kappa shape index (κ2) is 5.63. The Morgan fingerprint density at radius 2 is 1.96 bits per heavy atom.